The van der Waals surface area contributed by atoms with Crippen LogP contribution in [0.5, 0.6) is 28.7 Å². The summed E-state index contributed by atoms with van der Waals surface area (Å²) in [4.78, 5) is 4.74. The van der Waals surface area contributed by atoms with Crippen LogP contribution >= 0.6 is 0 Å². The van der Waals surface area contributed by atoms with Gasteiger partial charge in [0.05, 0.1) is 19.3 Å². The molecule has 9 aliphatic rings. The van der Waals surface area contributed by atoms with Crippen LogP contribution in [-0.2, 0) is 19.3 Å². The number of hydrogen-bond acceptors (Lipinski definition) is 11. The van der Waals surface area contributed by atoms with E-state index in [2.05, 4.69) is 56.5 Å². The van der Waals surface area contributed by atoms with Gasteiger partial charge in [0.2, 0.25) is 0 Å². The third-order valence-electron chi connectivity index (χ3n) is 15.6. The lowest BCUT2D eigenvalue weighted by Crippen LogP contribution is -2.49. The summed E-state index contributed by atoms with van der Waals surface area (Å²) < 4.78 is 20.1. The fourth-order valence-corrected chi connectivity index (χ4v) is 12.4. The van der Waals surface area contributed by atoms with Crippen LogP contribution in [0.2, 0.25) is 0 Å². The number of rotatable bonds is 5. The Kier molecular flexibility index (Phi) is 13.0. The fourth-order valence-electron chi connectivity index (χ4n) is 12.4. The number of nitrogens with zero attached hydrogens (tertiary/aromatic N) is 1. The van der Waals surface area contributed by atoms with Crippen molar-refractivity contribution in [1.82, 2.24) is 5.32 Å². The Morgan fingerprint density at radius 3 is 2.45 bits per heavy atom. The first-order valence-corrected chi connectivity index (χ1v) is 24.1. The molecular weight excluding hydrogens is 807 g/mol. The maximum absolute atomic E-state index is 12.2. The molecule has 0 amide bonds. The van der Waals surface area contributed by atoms with Gasteiger partial charge in [-0.25, -0.2) is 0 Å². The molecule has 12 atom stereocenters. The Balaban J connectivity index is 1.15. The Hall–Kier alpha value is -4.71. The van der Waals surface area contributed by atoms with E-state index in [1.54, 1.807) is 25.3 Å². The van der Waals surface area contributed by atoms with Crippen molar-refractivity contribution in [1.29, 1.82) is 0 Å². The van der Waals surface area contributed by atoms with E-state index in [1.807, 2.05) is 12.1 Å². The number of methoxy groups -OCH3 is 1. The molecular formula is C53H69N3O8. The maximum atomic E-state index is 12.2. The van der Waals surface area contributed by atoms with E-state index in [1.165, 1.54) is 0 Å². The number of aliphatic imine (C=N–C) groups is 1. The SMILES string of the molecule is CCC1CC2C=CC1CC(O)CCCNC(N)=NCC1C=CC3CCC(CO)C1C3Oc1cc(ccc1O)C1Oc3cc(OC)c4c(c3CC1O)C2Cc1cc(O)c(CC(C)C)cc1-4. The molecule has 3 aromatic rings. The fraction of sp³-hybridized carbons (Fsp3) is 0.566. The summed E-state index contributed by atoms with van der Waals surface area (Å²) in [5.41, 5.74) is 13.3. The van der Waals surface area contributed by atoms with Crippen LogP contribution in [0.1, 0.15) is 106 Å². The van der Waals surface area contributed by atoms with Crippen LogP contribution in [-0.4, -0.2) is 76.6 Å². The summed E-state index contributed by atoms with van der Waals surface area (Å²) >= 11 is 0. The molecule has 12 bridgehead atoms. The third-order valence-corrected chi connectivity index (χ3v) is 15.6. The predicted octanol–water partition coefficient (Wildman–Crippen LogP) is 7.88. The van der Waals surface area contributed by atoms with Crippen molar-refractivity contribution in [3.05, 3.63) is 88.5 Å². The molecule has 3 aromatic carbocycles. The zero-order valence-corrected chi connectivity index (χ0v) is 38.0. The first kappa shape index (κ1) is 44.5. The number of ether oxygens (including phenoxy) is 3. The molecule has 4 aliphatic carbocycles. The number of fused-ring (bicyclic) bond motifs is 2. The van der Waals surface area contributed by atoms with E-state index in [9.17, 15) is 25.5 Å². The van der Waals surface area contributed by atoms with Gasteiger partial charge in [-0.2, -0.15) is 0 Å². The van der Waals surface area contributed by atoms with E-state index in [0.29, 0.717) is 85.1 Å². The summed E-state index contributed by atoms with van der Waals surface area (Å²) in [5.74, 6) is 3.47. The summed E-state index contributed by atoms with van der Waals surface area (Å²) in [5, 5.41) is 60.2. The molecule has 1 saturated carbocycles. The lowest BCUT2D eigenvalue weighted by molar-refractivity contribution is -0.0260. The number of phenols is 2. The van der Waals surface area contributed by atoms with Gasteiger partial charge in [0.25, 0.3) is 0 Å². The number of nitrogens with one attached hydrogen (secondary N) is 1. The van der Waals surface area contributed by atoms with Gasteiger partial charge in [0.15, 0.2) is 17.5 Å². The van der Waals surface area contributed by atoms with Crippen molar-refractivity contribution < 1.29 is 39.7 Å². The second-order valence-corrected chi connectivity index (χ2v) is 20.1. The largest absolute Gasteiger partial charge is 0.508 e. The highest BCUT2D eigenvalue weighted by atomic mass is 16.5. The second kappa shape index (κ2) is 18.6. The Morgan fingerprint density at radius 1 is 0.875 bits per heavy atom. The van der Waals surface area contributed by atoms with E-state index >= 15 is 0 Å². The van der Waals surface area contributed by atoms with Crippen LogP contribution in [0.3, 0.4) is 0 Å². The van der Waals surface area contributed by atoms with Crippen molar-refractivity contribution in [2.75, 3.05) is 26.8 Å². The Morgan fingerprint density at radius 2 is 1.67 bits per heavy atom. The van der Waals surface area contributed by atoms with Crippen LogP contribution in [0.15, 0.2) is 65.7 Å². The number of hydrogen-bond donors (Lipinski definition) is 7. The summed E-state index contributed by atoms with van der Waals surface area (Å²) in [6.07, 6.45) is 14.2. The zero-order chi connectivity index (χ0) is 44.8. The molecule has 64 heavy (non-hydrogen) atoms. The molecule has 1 fully saturated rings. The van der Waals surface area contributed by atoms with E-state index < -0.39 is 18.3 Å². The lowest BCUT2D eigenvalue weighted by atomic mass is 9.63. The number of aromatic hydroxyl groups is 2. The van der Waals surface area contributed by atoms with Crippen LogP contribution in [0.4, 0.5) is 0 Å². The van der Waals surface area contributed by atoms with Crippen molar-refractivity contribution in [2.24, 2.45) is 58.1 Å². The van der Waals surface area contributed by atoms with Crippen LogP contribution in [0.25, 0.3) is 11.1 Å². The minimum absolute atomic E-state index is 0.00260. The van der Waals surface area contributed by atoms with Gasteiger partial charge in [0, 0.05) is 61.1 Å². The standard InChI is InChI=1S/C53H69N3O8/c1-5-29-18-32-11-10-31(29)19-38(58)7-6-16-55-53(54)56-26-34-12-8-30-9-13-35(27-57)48(34)52(30)64-46-23-33(14-15-42(46)59)51-44(61)24-41-45(63-51)25-47(62-4)50-40-21-37(17-28(2)3)43(60)22-36(40)20-39(32)49(41)50/h8,10-12,14-15,21-23,25,28-32,34-35,38-39,44,48,51-52,57-61H,5-7,9,13,16-20,24,26-27H2,1-4H3,(H3,54,55,56). The highest BCUT2D eigenvalue weighted by Gasteiger charge is 2.47. The monoisotopic (exact) mass is 876 g/mol. The molecule has 0 radical (unpaired) electrons. The molecule has 11 heteroatoms. The Bertz CT molecular complexity index is 2270. The highest BCUT2D eigenvalue weighted by Crippen LogP contribution is 2.56. The molecule has 0 spiro atoms. The first-order valence-electron chi connectivity index (χ1n) is 24.1. The minimum atomic E-state index is -0.910. The van der Waals surface area contributed by atoms with E-state index in [4.69, 9.17) is 24.9 Å². The minimum Gasteiger partial charge on any atom is -0.508 e. The average molecular weight is 876 g/mol. The van der Waals surface area contributed by atoms with Gasteiger partial charge in [-0.15, -0.1) is 0 Å². The average Bonchev–Trinajstić information content (AvgIpc) is 3.27. The molecule has 344 valence electrons. The second-order valence-electron chi connectivity index (χ2n) is 20.1. The summed E-state index contributed by atoms with van der Waals surface area (Å²) in [6.45, 7) is 7.61. The van der Waals surface area contributed by atoms with Gasteiger partial charge >= 0.3 is 0 Å². The number of allylic oxidation sites excluding steroid dienone is 2. The zero-order valence-electron chi connectivity index (χ0n) is 38.0. The van der Waals surface area contributed by atoms with Crippen molar-refractivity contribution >= 4 is 5.96 Å². The number of phenolic OH excluding ortho intramolecular Hbond substituents is 2. The van der Waals surface area contributed by atoms with Crippen molar-refractivity contribution in [2.45, 2.75) is 115 Å². The normalized spacial score (nSPS) is 32.2. The number of aliphatic hydroxyl groups excluding tert-OH is 3. The van der Waals surface area contributed by atoms with Gasteiger partial charge in [-0.3, -0.25) is 4.99 Å². The predicted molar refractivity (Wildman–Crippen MR) is 249 cm³/mol. The van der Waals surface area contributed by atoms with Crippen LogP contribution < -0.4 is 25.3 Å². The van der Waals surface area contributed by atoms with Crippen molar-refractivity contribution in [3.63, 3.8) is 0 Å². The van der Waals surface area contributed by atoms with Gasteiger partial charge in [-0.05, 0) is 139 Å². The maximum Gasteiger partial charge on any atom is 0.188 e. The quantitative estimate of drug-likeness (QED) is 0.125. The smallest absolute Gasteiger partial charge is 0.188 e. The van der Waals surface area contributed by atoms with Gasteiger partial charge < -0.3 is 50.8 Å². The van der Waals surface area contributed by atoms with Gasteiger partial charge in [-0.1, -0.05) is 57.6 Å². The molecule has 12 unspecified atom stereocenters. The van der Waals surface area contributed by atoms with Crippen molar-refractivity contribution in [3.8, 4) is 39.9 Å². The summed E-state index contributed by atoms with van der Waals surface area (Å²) in [7, 11) is 1.70. The number of benzene rings is 3. The topological polar surface area (TPSA) is 179 Å². The molecule has 11 nitrogen and oxygen atoms in total. The molecule has 12 rings (SSSR count). The molecule has 8 N–H and O–H groups in total. The lowest BCUT2D eigenvalue weighted by Gasteiger charge is -2.47. The van der Waals surface area contributed by atoms with E-state index in [-0.39, 0.29) is 59.9 Å². The number of nitrogens with two attached hydrogens (primary N) is 1. The number of guanidine groups is 1. The van der Waals surface area contributed by atoms with Gasteiger partial charge in [0.1, 0.15) is 29.5 Å². The van der Waals surface area contributed by atoms with Crippen LogP contribution in [0, 0.1) is 47.3 Å². The summed E-state index contributed by atoms with van der Waals surface area (Å²) in [6, 6.07) is 11.3. The third kappa shape index (κ3) is 8.60. The molecule has 5 heterocycles. The first-order chi connectivity index (χ1) is 30.9. The van der Waals surface area contributed by atoms with E-state index in [0.717, 1.165) is 71.9 Å². The molecule has 0 aromatic heterocycles. The molecule has 0 saturated heterocycles. The number of aliphatic hydroxyl groups is 3. The Labute approximate surface area is 378 Å². The highest BCUT2D eigenvalue weighted by molar-refractivity contribution is 5.84. The molecule has 5 aliphatic heterocycles.